The number of unbranched alkanes of at least 4 members (excludes halogenated alkanes) is 6. The first-order valence-electron chi connectivity index (χ1n) is 8.91. The molecule has 24 heavy (non-hydrogen) atoms. The maximum atomic E-state index is 11.9. The van der Waals surface area contributed by atoms with Crippen LogP contribution in [0, 0.1) is 0 Å². The molecule has 0 spiro atoms. The van der Waals surface area contributed by atoms with Gasteiger partial charge in [-0.25, -0.2) is 0 Å². The molecule has 0 bridgehead atoms. The van der Waals surface area contributed by atoms with Crippen molar-refractivity contribution < 1.29 is 19.5 Å². The zero-order valence-corrected chi connectivity index (χ0v) is 14.3. The highest BCUT2D eigenvalue weighted by Crippen LogP contribution is 2.12. The predicted molar refractivity (Wildman–Crippen MR) is 94.2 cm³/mol. The normalized spacial score (nSPS) is 10.5. The van der Waals surface area contributed by atoms with Crippen LogP contribution in [-0.2, 0) is 9.59 Å². The summed E-state index contributed by atoms with van der Waals surface area (Å²) in [4.78, 5) is 33.7. The Balaban J connectivity index is 1.91. The highest BCUT2D eigenvalue weighted by molar-refractivity contribution is 5.95. The van der Waals surface area contributed by atoms with Crippen LogP contribution in [0.15, 0.2) is 30.3 Å². The molecule has 0 radical (unpaired) electrons. The number of hydrogen-bond donors (Lipinski definition) is 1. The third-order valence-electron chi connectivity index (χ3n) is 4.07. The molecule has 0 fully saturated rings. The van der Waals surface area contributed by atoms with E-state index in [1.165, 1.54) is 0 Å². The first kappa shape index (κ1) is 20.1. The summed E-state index contributed by atoms with van der Waals surface area (Å²) in [6, 6.07) is 9.41. The lowest BCUT2D eigenvalue weighted by molar-refractivity contribution is -0.138. The van der Waals surface area contributed by atoms with E-state index in [2.05, 4.69) is 0 Å². The number of aliphatic carboxylic acids is 1. The fraction of sp³-hybridized carbons (Fsp3) is 0.550. The summed E-state index contributed by atoms with van der Waals surface area (Å²) >= 11 is 0. The largest absolute Gasteiger partial charge is 0.481 e. The highest BCUT2D eigenvalue weighted by atomic mass is 16.4. The summed E-state index contributed by atoms with van der Waals surface area (Å²) in [6.45, 7) is 0. The lowest BCUT2D eigenvalue weighted by Gasteiger charge is -2.03. The zero-order chi connectivity index (χ0) is 17.6. The van der Waals surface area contributed by atoms with E-state index < -0.39 is 5.97 Å². The van der Waals surface area contributed by atoms with Crippen molar-refractivity contribution in [2.75, 3.05) is 0 Å². The fourth-order valence-corrected chi connectivity index (χ4v) is 2.63. The Bertz CT molecular complexity index is 508. The lowest BCUT2D eigenvalue weighted by atomic mass is 10.0. The van der Waals surface area contributed by atoms with Crippen LogP contribution in [0.2, 0.25) is 0 Å². The van der Waals surface area contributed by atoms with E-state index in [0.717, 1.165) is 50.5 Å². The third kappa shape index (κ3) is 9.93. The van der Waals surface area contributed by atoms with E-state index in [0.29, 0.717) is 12.8 Å². The first-order valence-corrected chi connectivity index (χ1v) is 8.91. The molecule has 0 aliphatic rings. The topological polar surface area (TPSA) is 71.4 Å². The zero-order valence-electron chi connectivity index (χ0n) is 14.3. The molecule has 0 amide bonds. The molecule has 0 heterocycles. The molecule has 1 rings (SSSR count). The Morgan fingerprint density at radius 2 is 1.21 bits per heavy atom. The second-order valence-electron chi connectivity index (χ2n) is 6.20. The summed E-state index contributed by atoms with van der Waals surface area (Å²) in [5, 5.41) is 8.50. The first-order chi connectivity index (χ1) is 11.6. The molecule has 1 aromatic rings. The summed E-state index contributed by atoms with van der Waals surface area (Å²) in [7, 11) is 0. The van der Waals surface area contributed by atoms with Crippen LogP contribution >= 0.6 is 0 Å². The minimum Gasteiger partial charge on any atom is -0.481 e. The predicted octanol–water partition coefficient (Wildman–Crippen LogP) is 4.81. The van der Waals surface area contributed by atoms with E-state index >= 15 is 0 Å². The van der Waals surface area contributed by atoms with E-state index in [9.17, 15) is 14.4 Å². The van der Waals surface area contributed by atoms with Crippen molar-refractivity contribution in [3.63, 3.8) is 0 Å². The maximum Gasteiger partial charge on any atom is 0.303 e. The number of carbonyl (C=O) groups excluding carboxylic acids is 2. The minimum atomic E-state index is -0.908. The van der Waals surface area contributed by atoms with Gasteiger partial charge in [0.05, 0.1) is 6.42 Å². The van der Waals surface area contributed by atoms with Crippen LogP contribution < -0.4 is 0 Å². The van der Waals surface area contributed by atoms with Crippen LogP contribution in [0.4, 0.5) is 0 Å². The molecule has 0 aromatic heterocycles. The van der Waals surface area contributed by atoms with Crippen molar-refractivity contribution in [3.8, 4) is 0 Å². The number of benzene rings is 1. The number of carboxylic acids is 1. The SMILES string of the molecule is O=C(O)CCC(=O)CCCCCCCCCC(=O)c1ccccc1. The third-order valence-corrected chi connectivity index (χ3v) is 4.07. The summed E-state index contributed by atoms with van der Waals surface area (Å²) in [5.74, 6) is -0.638. The van der Waals surface area contributed by atoms with Gasteiger partial charge in [0.2, 0.25) is 0 Å². The number of rotatable bonds is 14. The molecular weight excluding hydrogens is 304 g/mol. The summed E-state index contributed by atoms with van der Waals surface area (Å²) in [5.41, 5.74) is 0.796. The van der Waals surface area contributed by atoms with Crippen molar-refractivity contribution in [1.29, 1.82) is 0 Å². The molecular formula is C20H28O4. The molecule has 0 aliphatic carbocycles. The van der Waals surface area contributed by atoms with Gasteiger partial charge < -0.3 is 5.11 Å². The smallest absolute Gasteiger partial charge is 0.303 e. The van der Waals surface area contributed by atoms with Crippen molar-refractivity contribution in [3.05, 3.63) is 35.9 Å². The van der Waals surface area contributed by atoms with Crippen molar-refractivity contribution >= 4 is 17.5 Å². The van der Waals surface area contributed by atoms with Crippen molar-refractivity contribution in [2.24, 2.45) is 0 Å². The molecule has 0 saturated heterocycles. The van der Waals surface area contributed by atoms with Gasteiger partial charge in [0, 0.05) is 24.8 Å². The van der Waals surface area contributed by atoms with Crippen LogP contribution in [0.1, 0.15) is 81.0 Å². The maximum absolute atomic E-state index is 11.9. The van der Waals surface area contributed by atoms with E-state index in [4.69, 9.17) is 5.11 Å². The molecule has 1 N–H and O–H groups in total. The van der Waals surface area contributed by atoms with Gasteiger partial charge in [-0.3, -0.25) is 14.4 Å². The van der Waals surface area contributed by atoms with Crippen LogP contribution in [0.3, 0.4) is 0 Å². The van der Waals surface area contributed by atoms with Crippen molar-refractivity contribution in [2.45, 2.75) is 70.6 Å². The number of carbonyl (C=O) groups is 3. The highest BCUT2D eigenvalue weighted by Gasteiger charge is 2.06. The summed E-state index contributed by atoms with van der Waals surface area (Å²) in [6.07, 6.45) is 8.42. The van der Waals surface area contributed by atoms with E-state index in [1.807, 2.05) is 30.3 Å². The average Bonchev–Trinajstić information content (AvgIpc) is 2.59. The Hall–Kier alpha value is -1.97. The Kier molecular flexibility index (Phi) is 10.4. The van der Waals surface area contributed by atoms with Gasteiger partial charge in [0.1, 0.15) is 5.78 Å². The number of carboxylic acid groups (broad SMARTS) is 1. The van der Waals surface area contributed by atoms with Gasteiger partial charge in [0.25, 0.3) is 0 Å². The second kappa shape index (κ2) is 12.5. The Labute approximate surface area is 144 Å². The van der Waals surface area contributed by atoms with Crippen molar-refractivity contribution in [1.82, 2.24) is 0 Å². The molecule has 1 aromatic carbocycles. The molecule has 0 aliphatic heterocycles. The average molecular weight is 332 g/mol. The number of Topliss-reactive ketones (excluding diaryl/α,β-unsaturated/α-hetero) is 2. The second-order valence-corrected chi connectivity index (χ2v) is 6.20. The molecule has 0 unspecified atom stereocenters. The molecule has 4 nitrogen and oxygen atoms in total. The lowest BCUT2D eigenvalue weighted by Crippen LogP contribution is -2.02. The standard InChI is InChI=1S/C20H28O4/c21-18(15-16-20(23)24)13-9-4-2-1-3-5-10-14-19(22)17-11-7-6-8-12-17/h6-8,11-12H,1-5,9-10,13-16H2,(H,23,24). The van der Waals surface area contributed by atoms with Gasteiger partial charge in [0.15, 0.2) is 5.78 Å². The molecule has 4 heteroatoms. The number of ketones is 2. The summed E-state index contributed by atoms with van der Waals surface area (Å²) < 4.78 is 0. The quantitative estimate of drug-likeness (QED) is 0.392. The Morgan fingerprint density at radius 1 is 0.667 bits per heavy atom. The van der Waals surface area contributed by atoms with Crippen LogP contribution in [0.5, 0.6) is 0 Å². The Morgan fingerprint density at radius 3 is 1.79 bits per heavy atom. The minimum absolute atomic E-state index is 0.0526. The van der Waals surface area contributed by atoms with Gasteiger partial charge in [-0.15, -0.1) is 0 Å². The van der Waals surface area contributed by atoms with Crippen LogP contribution in [0.25, 0.3) is 0 Å². The number of hydrogen-bond acceptors (Lipinski definition) is 3. The molecule has 0 saturated carbocycles. The fourth-order valence-electron chi connectivity index (χ4n) is 2.63. The van der Waals surface area contributed by atoms with E-state index in [-0.39, 0.29) is 24.4 Å². The van der Waals surface area contributed by atoms with Gasteiger partial charge in [-0.1, -0.05) is 62.4 Å². The van der Waals surface area contributed by atoms with Gasteiger partial charge in [-0.05, 0) is 12.8 Å². The van der Waals surface area contributed by atoms with E-state index in [1.54, 1.807) is 0 Å². The molecule has 132 valence electrons. The monoisotopic (exact) mass is 332 g/mol. The van der Waals surface area contributed by atoms with Gasteiger partial charge in [-0.2, -0.15) is 0 Å². The van der Waals surface area contributed by atoms with Gasteiger partial charge >= 0.3 is 5.97 Å². The molecule has 0 atom stereocenters. The van der Waals surface area contributed by atoms with Crippen LogP contribution in [-0.4, -0.2) is 22.6 Å².